The molecule has 0 aromatic heterocycles. The number of halogens is 1. The summed E-state index contributed by atoms with van der Waals surface area (Å²) in [5.41, 5.74) is 0.947. The van der Waals surface area contributed by atoms with Crippen LogP contribution in [0.25, 0.3) is 0 Å². The quantitative estimate of drug-likeness (QED) is 0.474. The number of rotatable bonds is 8. The lowest BCUT2D eigenvalue weighted by Gasteiger charge is -2.34. The molecule has 2 aromatic carbocycles. The van der Waals surface area contributed by atoms with Crippen LogP contribution in [-0.4, -0.2) is 62.4 Å². The molecule has 0 radical (unpaired) electrons. The Kier molecular flexibility index (Phi) is 8.24. The minimum atomic E-state index is -0.285. The number of Topliss-reactive ketones (excluding diaryl/α,β-unsaturated/α-hetero) is 1. The summed E-state index contributed by atoms with van der Waals surface area (Å²) in [5.74, 6) is 0.725. The van der Waals surface area contributed by atoms with E-state index < -0.39 is 0 Å². The van der Waals surface area contributed by atoms with Crippen molar-refractivity contribution in [3.8, 4) is 17.2 Å². The average Bonchev–Trinajstić information content (AvgIpc) is 2.81. The highest BCUT2D eigenvalue weighted by Crippen LogP contribution is 2.40. The summed E-state index contributed by atoms with van der Waals surface area (Å²) in [4.78, 5) is 14.0. The van der Waals surface area contributed by atoms with Gasteiger partial charge in [0.15, 0.2) is 22.4 Å². The van der Waals surface area contributed by atoms with Crippen molar-refractivity contribution in [3.63, 3.8) is 0 Å². The van der Waals surface area contributed by atoms with Crippen molar-refractivity contribution >= 4 is 23.1 Å². The van der Waals surface area contributed by atoms with Gasteiger partial charge in [-0.15, -0.1) is 0 Å². The third-order valence-electron chi connectivity index (χ3n) is 5.11. The van der Waals surface area contributed by atoms with Crippen LogP contribution in [0.2, 0.25) is 0 Å². The number of nitrogens with one attached hydrogen (secondary N) is 1. The van der Waals surface area contributed by atoms with Gasteiger partial charge in [-0.3, -0.25) is 4.79 Å². The van der Waals surface area contributed by atoms with Crippen LogP contribution in [0.5, 0.6) is 17.2 Å². The molecule has 1 N–H and O–H groups in total. The summed E-state index contributed by atoms with van der Waals surface area (Å²) in [5, 5.41) is 3.62. The number of ketones is 1. The molecular formula is C23H27FN2O5S. The highest BCUT2D eigenvalue weighted by atomic mass is 32.1. The van der Waals surface area contributed by atoms with E-state index in [-0.39, 0.29) is 24.3 Å². The van der Waals surface area contributed by atoms with E-state index in [1.807, 2.05) is 4.90 Å². The molecule has 0 saturated carbocycles. The summed E-state index contributed by atoms with van der Waals surface area (Å²) < 4.78 is 36.4. The van der Waals surface area contributed by atoms with Gasteiger partial charge in [0.25, 0.3) is 0 Å². The summed E-state index contributed by atoms with van der Waals surface area (Å²) in [6.07, 6.45) is -0.285. The number of carbonyl (C=O) groups excluding carboxylic acids is 1. The monoisotopic (exact) mass is 462 g/mol. The maximum Gasteiger partial charge on any atom is 0.204 e. The Bertz CT molecular complexity index is 971. The van der Waals surface area contributed by atoms with E-state index in [1.54, 1.807) is 30.3 Å². The molecule has 1 heterocycles. The van der Waals surface area contributed by atoms with Gasteiger partial charge in [-0.1, -0.05) is 18.2 Å². The normalized spacial score (nSPS) is 15.8. The Morgan fingerprint density at radius 2 is 2.00 bits per heavy atom. The fraction of sp³-hybridized carbons (Fsp3) is 0.391. The van der Waals surface area contributed by atoms with Crippen LogP contribution < -0.4 is 19.5 Å². The predicted molar refractivity (Wildman–Crippen MR) is 122 cm³/mol. The zero-order valence-electron chi connectivity index (χ0n) is 18.4. The van der Waals surface area contributed by atoms with Crippen LogP contribution in [0.15, 0.2) is 36.4 Å². The molecule has 0 bridgehead atoms. The Balaban J connectivity index is 1.62. The van der Waals surface area contributed by atoms with E-state index in [2.05, 4.69) is 5.32 Å². The minimum Gasteiger partial charge on any atom is -0.493 e. The molecule has 1 aliphatic heterocycles. The third-order valence-corrected chi connectivity index (χ3v) is 5.51. The molecule has 1 aliphatic rings. The standard InChI is InChI=1S/C23H27FN2O5S/c1-15(27)18-8-9-20(28-2)22(29-3)21(18)31-14-17-13-26(10-11-30-17)23(32)25-12-16-6-4-5-7-19(16)24/h4-9,17H,10-14H2,1-3H3,(H,25,32). The second-order valence-electron chi connectivity index (χ2n) is 7.23. The van der Waals surface area contributed by atoms with Gasteiger partial charge >= 0.3 is 0 Å². The second kappa shape index (κ2) is 11.1. The number of hydrogen-bond acceptors (Lipinski definition) is 6. The molecule has 0 amide bonds. The SMILES string of the molecule is COc1ccc(C(C)=O)c(OCC2CN(C(=S)NCc3ccccc3F)CCO2)c1OC. The summed E-state index contributed by atoms with van der Waals surface area (Å²) in [6, 6.07) is 9.89. The Labute approximate surface area is 192 Å². The molecule has 7 nitrogen and oxygen atoms in total. The van der Waals surface area contributed by atoms with E-state index in [0.29, 0.717) is 59.7 Å². The van der Waals surface area contributed by atoms with Crippen molar-refractivity contribution in [3.05, 3.63) is 53.3 Å². The molecule has 1 atom stereocenters. The van der Waals surface area contributed by atoms with Gasteiger partial charge in [0, 0.05) is 25.2 Å². The van der Waals surface area contributed by atoms with E-state index in [4.69, 9.17) is 31.2 Å². The molecular weight excluding hydrogens is 435 g/mol. The first kappa shape index (κ1) is 23.7. The van der Waals surface area contributed by atoms with Crippen molar-refractivity contribution in [1.29, 1.82) is 0 Å². The van der Waals surface area contributed by atoms with Crippen molar-refractivity contribution in [2.45, 2.75) is 19.6 Å². The number of carbonyl (C=O) groups is 1. The first-order valence-corrected chi connectivity index (χ1v) is 10.6. The zero-order chi connectivity index (χ0) is 23.1. The Morgan fingerprint density at radius 3 is 2.69 bits per heavy atom. The first-order chi connectivity index (χ1) is 15.4. The van der Waals surface area contributed by atoms with Gasteiger partial charge in [0.1, 0.15) is 18.5 Å². The van der Waals surface area contributed by atoms with Gasteiger partial charge in [-0.2, -0.15) is 0 Å². The highest BCUT2D eigenvalue weighted by molar-refractivity contribution is 7.80. The van der Waals surface area contributed by atoms with Crippen LogP contribution in [0.1, 0.15) is 22.8 Å². The molecule has 0 spiro atoms. The number of methoxy groups -OCH3 is 2. The molecule has 1 fully saturated rings. The first-order valence-electron chi connectivity index (χ1n) is 10.2. The van der Waals surface area contributed by atoms with E-state index in [1.165, 1.54) is 27.2 Å². The van der Waals surface area contributed by atoms with Crippen molar-refractivity contribution in [1.82, 2.24) is 10.2 Å². The van der Waals surface area contributed by atoms with Gasteiger partial charge in [-0.25, -0.2) is 4.39 Å². The van der Waals surface area contributed by atoms with Crippen molar-refractivity contribution < 1.29 is 28.1 Å². The molecule has 1 unspecified atom stereocenters. The average molecular weight is 463 g/mol. The fourth-order valence-corrected chi connectivity index (χ4v) is 3.66. The van der Waals surface area contributed by atoms with E-state index in [0.717, 1.165) is 0 Å². The van der Waals surface area contributed by atoms with Gasteiger partial charge < -0.3 is 29.2 Å². The van der Waals surface area contributed by atoms with Crippen LogP contribution in [0.4, 0.5) is 4.39 Å². The van der Waals surface area contributed by atoms with E-state index >= 15 is 0 Å². The second-order valence-corrected chi connectivity index (χ2v) is 7.62. The lowest BCUT2D eigenvalue weighted by Crippen LogP contribution is -2.50. The molecule has 1 saturated heterocycles. The molecule has 172 valence electrons. The summed E-state index contributed by atoms with van der Waals surface area (Å²) >= 11 is 5.49. The maximum absolute atomic E-state index is 13.8. The Morgan fingerprint density at radius 1 is 1.22 bits per heavy atom. The van der Waals surface area contributed by atoms with Crippen molar-refractivity contribution in [2.75, 3.05) is 40.5 Å². The van der Waals surface area contributed by atoms with Crippen LogP contribution in [0.3, 0.4) is 0 Å². The van der Waals surface area contributed by atoms with Gasteiger partial charge in [-0.05, 0) is 37.3 Å². The van der Waals surface area contributed by atoms with Crippen LogP contribution in [-0.2, 0) is 11.3 Å². The predicted octanol–water partition coefficient (Wildman–Crippen LogP) is 3.20. The van der Waals surface area contributed by atoms with Crippen molar-refractivity contribution in [2.24, 2.45) is 0 Å². The lowest BCUT2D eigenvalue weighted by atomic mass is 10.1. The number of nitrogens with zero attached hydrogens (tertiary/aromatic N) is 1. The topological polar surface area (TPSA) is 69.3 Å². The maximum atomic E-state index is 13.8. The van der Waals surface area contributed by atoms with Crippen LogP contribution in [0, 0.1) is 5.82 Å². The molecule has 32 heavy (non-hydrogen) atoms. The number of ether oxygens (including phenoxy) is 4. The van der Waals surface area contributed by atoms with Crippen LogP contribution >= 0.6 is 12.2 Å². The molecule has 9 heteroatoms. The molecule has 2 aromatic rings. The third kappa shape index (κ3) is 5.66. The lowest BCUT2D eigenvalue weighted by molar-refractivity contribution is -0.0293. The summed E-state index contributed by atoms with van der Waals surface area (Å²) in [7, 11) is 3.01. The van der Waals surface area contributed by atoms with Gasteiger partial charge in [0.2, 0.25) is 5.75 Å². The van der Waals surface area contributed by atoms with Gasteiger partial charge in [0.05, 0.1) is 26.4 Å². The number of morpholine rings is 1. The smallest absolute Gasteiger partial charge is 0.204 e. The summed E-state index contributed by atoms with van der Waals surface area (Å²) in [6.45, 7) is 3.52. The Hall–Kier alpha value is -2.91. The number of thiocarbonyl (C=S) groups is 1. The fourth-order valence-electron chi connectivity index (χ4n) is 3.42. The molecule has 0 aliphatic carbocycles. The van der Waals surface area contributed by atoms with E-state index in [9.17, 15) is 9.18 Å². The zero-order valence-corrected chi connectivity index (χ0v) is 19.2. The number of benzene rings is 2. The highest BCUT2D eigenvalue weighted by Gasteiger charge is 2.25. The molecule has 3 rings (SSSR count). The largest absolute Gasteiger partial charge is 0.493 e. The number of hydrogen-bond donors (Lipinski definition) is 1. The minimum absolute atomic E-state index is 0.148.